The van der Waals surface area contributed by atoms with Crippen LogP contribution in [-0.4, -0.2) is 24.8 Å². The van der Waals surface area contributed by atoms with Gasteiger partial charge in [-0.2, -0.15) is 0 Å². The Morgan fingerprint density at radius 3 is 2.40 bits per heavy atom. The first kappa shape index (κ1) is 16.6. The van der Waals surface area contributed by atoms with Gasteiger partial charge in [0, 0.05) is 6.04 Å². The van der Waals surface area contributed by atoms with Crippen LogP contribution in [0.15, 0.2) is 35.5 Å². The number of oxime groups is 1. The number of nitrogens with zero attached hydrogens (tertiary/aromatic N) is 1. The van der Waals surface area contributed by atoms with Crippen LogP contribution < -0.4 is 5.32 Å². The molecule has 1 atom stereocenters. The van der Waals surface area contributed by atoms with Gasteiger partial charge >= 0.3 is 0 Å². The van der Waals surface area contributed by atoms with E-state index in [4.69, 9.17) is 4.84 Å². The van der Waals surface area contributed by atoms with E-state index in [-0.39, 0.29) is 18.6 Å². The van der Waals surface area contributed by atoms with Gasteiger partial charge in [-0.25, -0.2) is 0 Å². The Balaban J connectivity index is 1.27. The molecule has 0 spiro atoms. The normalized spacial score (nSPS) is 34.2. The van der Waals surface area contributed by atoms with Crippen molar-refractivity contribution in [2.75, 3.05) is 6.61 Å². The van der Waals surface area contributed by atoms with Gasteiger partial charge in [0.1, 0.15) is 0 Å². The largest absolute Gasteiger partial charge is 0.386 e. The Morgan fingerprint density at radius 1 is 1.20 bits per heavy atom. The van der Waals surface area contributed by atoms with Crippen molar-refractivity contribution < 1.29 is 9.63 Å². The first-order valence-corrected chi connectivity index (χ1v) is 9.63. The summed E-state index contributed by atoms with van der Waals surface area (Å²) in [6, 6.07) is 9.97. The monoisotopic (exact) mass is 340 g/mol. The molecule has 0 saturated heterocycles. The van der Waals surface area contributed by atoms with Crippen LogP contribution in [0.2, 0.25) is 0 Å². The standard InChI is InChI=1S/C21H28N2O2/c1-15(21-10-17-7-18(11-21)9-19(8-17)12-21)23-20(24)14-25-22-13-16-5-3-2-4-6-16/h2-6,13,15,17-19H,7-12,14H2,1H3,(H,23,24)/b22-13-/t15-,17?,18?,19?,21?/m1/s1. The van der Waals surface area contributed by atoms with Gasteiger partial charge in [-0.3, -0.25) is 4.79 Å². The maximum atomic E-state index is 12.2. The molecule has 1 amide bonds. The highest BCUT2D eigenvalue weighted by molar-refractivity contribution is 5.79. The summed E-state index contributed by atoms with van der Waals surface area (Å²) in [5, 5.41) is 7.09. The van der Waals surface area contributed by atoms with E-state index >= 15 is 0 Å². The SMILES string of the molecule is C[C@@H](NC(=O)CO/N=C\c1ccccc1)C12CC3CC(CC(C3)C1)C2. The molecule has 0 unspecified atom stereocenters. The van der Waals surface area contributed by atoms with Crippen molar-refractivity contribution >= 4 is 12.1 Å². The van der Waals surface area contributed by atoms with Crippen LogP contribution in [0.4, 0.5) is 0 Å². The van der Waals surface area contributed by atoms with Crippen molar-refractivity contribution in [2.24, 2.45) is 28.3 Å². The number of carbonyl (C=O) groups excluding carboxylic acids is 1. The fraction of sp³-hybridized carbons (Fsp3) is 0.619. The van der Waals surface area contributed by atoms with Crippen LogP contribution in [0.3, 0.4) is 0 Å². The van der Waals surface area contributed by atoms with Crippen molar-refractivity contribution in [1.29, 1.82) is 0 Å². The van der Waals surface area contributed by atoms with Gasteiger partial charge in [0.05, 0.1) is 6.21 Å². The van der Waals surface area contributed by atoms with Gasteiger partial charge < -0.3 is 10.2 Å². The second kappa shape index (κ2) is 6.81. The van der Waals surface area contributed by atoms with E-state index in [2.05, 4.69) is 17.4 Å². The van der Waals surface area contributed by atoms with Crippen molar-refractivity contribution in [3.05, 3.63) is 35.9 Å². The van der Waals surface area contributed by atoms with Crippen LogP contribution in [0, 0.1) is 23.2 Å². The van der Waals surface area contributed by atoms with E-state index in [0.29, 0.717) is 5.41 Å². The highest BCUT2D eigenvalue weighted by Crippen LogP contribution is 2.61. The van der Waals surface area contributed by atoms with Crippen molar-refractivity contribution in [1.82, 2.24) is 5.32 Å². The summed E-state index contributed by atoms with van der Waals surface area (Å²) in [4.78, 5) is 17.4. The molecule has 4 bridgehead atoms. The molecule has 1 aromatic carbocycles. The Morgan fingerprint density at radius 2 is 1.80 bits per heavy atom. The summed E-state index contributed by atoms with van der Waals surface area (Å²) in [6.45, 7) is 2.18. The van der Waals surface area contributed by atoms with Crippen LogP contribution in [0.1, 0.15) is 51.0 Å². The number of rotatable bonds is 6. The van der Waals surface area contributed by atoms with E-state index < -0.39 is 0 Å². The number of amides is 1. The number of hydrogen-bond acceptors (Lipinski definition) is 3. The molecule has 4 aliphatic carbocycles. The van der Waals surface area contributed by atoms with Crippen molar-refractivity contribution in [3.8, 4) is 0 Å². The topological polar surface area (TPSA) is 50.7 Å². The lowest BCUT2D eigenvalue weighted by atomic mass is 9.48. The Labute approximate surface area is 150 Å². The van der Waals surface area contributed by atoms with Crippen molar-refractivity contribution in [2.45, 2.75) is 51.5 Å². The third-order valence-electron chi connectivity index (χ3n) is 6.65. The minimum atomic E-state index is -0.0616. The maximum Gasteiger partial charge on any atom is 0.261 e. The predicted molar refractivity (Wildman–Crippen MR) is 98.2 cm³/mol. The summed E-state index contributed by atoms with van der Waals surface area (Å²) in [6.07, 6.45) is 9.82. The van der Waals surface area contributed by atoms with E-state index in [1.165, 1.54) is 38.5 Å². The van der Waals surface area contributed by atoms with E-state index in [9.17, 15) is 4.79 Å². The van der Waals surface area contributed by atoms with E-state index in [1.807, 2.05) is 30.3 Å². The van der Waals surface area contributed by atoms with Gasteiger partial charge in [0.15, 0.2) is 6.61 Å². The molecule has 25 heavy (non-hydrogen) atoms. The van der Waals surface area contributed by atoms with E-state index in [1.54, 1.807) is 6.21 Å². The zero-order valence-corrected chi connectivity index (χ0v) is 15.0. The number of nitrogens with one attached hydrogen (secondary N) is 1. The molecule has 4 fully saturated rings. The smallest absolute Gasteiger partial charge is 0.261 e. The van der Waals surface area contributed by atoms with E-state index in [0.717, 1.165) is 23.3 Å². The van der Waals surface area contributed by atoms with Gasteiger partial charge in [-0.15, -0.1) is 0 Å². The Kier molecular flexibility index (Phi) is 4.53. The summed E-state index contributed by atoms with van der Waals surface area (Å²) in [5.74, 6) is 2.64. The molecule has 1 aromatic rings. The molecule has 0 heterocycles. The average Bonchev–Trinajstić information content (AvgIpc) is 2.58. The van der Waals surface area contributed by atoms with Gasteiger partial charge in [-0.1, -0.05) is 35.5 Å². The average molecular weight is 340 g/mol. The molecule has 0 aliphatic heterocycles. The van der Waals surface area contributed by atoms with Crippen LogP contribution in [0.25, 0.3) is 0 Å². The predicted octanol–water partition coefficient (Wildman–Crippen LogP) is 3.76. The highest BCUT2D eigenvalue weighted by atomic mass is 16.6. The Bertz CT molecular complexity index is 605. The third-order valence-corrected chi connectivity index (χ3v) is 6.65. The first-order valence-electron chi connectivity index (χ1n) is 9.63. The molecule has 4 saturated carbocycles. The molecule has 0 aromatic heterocycles. The molecular formula is C21H28N2O2. The van der Waals surface area contributed by atoms with Crippen molar-refractivity contribution in [3.63, 3.8) is 0 Å². The van der Waals surface area contributed by atoms with Crippen LogP contribution >= 0.6 is 0 Å². The lowest BCUT2D eigenvalue weighted by Gasteiger charge is -2.59. The molecule has 4 nitrogen and oxygen atoms in total. The quantitative estimate of drug-likeness (QED) is 0.633. The molecule has 134 valence electrons. The number of carbonyl (C=O) groups is 1. The number of benzene rings is 1. The van der Waals surface area contributed by atoms with Gasteiger partial charge in [0.2, 0.25) is 0 Å². The minimum absolute atomic E-state index is 0.0138. The second-order valence-electron chi connectivity index (χ2n) is 8.49. The zero-order chi connectivity index (χ0) is 17.3. The second-order valence-corrected chi connectivity index (χ2v) is 8.49. The summed E-state index contributed by atoms with van der Waals surface area (Å²) >= 11 is 0. The highest BCUT2D eigenvalue weighted by Gasteiger charge is 2.53. The minimum Gasteiger partial charge on any atom is -0.386 e. The molecule has 4 aliphatic rings. The lowest BCUT2D eigenvalue weighted by Crippen LogP contribution is -2.56. The van der Waals surface area contributed by atoms with Crippen LogP contribution in [-0.2, 0) is 9.63 Å². The fourth-order valence-electron chi connectivity index (χ4n) is 5.88. The summed E-state index contributed by atoms with van der Waals surface area (Å²) in [5.41, 5.74) is 1.29. The fourth-order valence-corrected chi connectivity index (χ4v) is 5.88. The Hall–Kier alpha value is -1.84. The maximum absolute atomic E-state index is 12.2. The zero-order valence-electron chi connectivity index (χ0n) is 15.0. The molecule has 5 rings (SSSR count). The van der Waals surface area contributed by atoms with Gasteiger partial charge in [0.25, 0.3) is 5.91 Å². The third kappa shape index (κ3) is 3.58. The summed E-state index contributed by atoms with van der Waals surface area (Å²) in [7, 11) is 0. The molecule has 0 radical (unpaired) electrons. The first-order chi connectivity index (χ1) is 12.1. The molecule has 1 N–H and O–H groups in total. The lowest BCUT2D eigenvalue weighted by molar-refractivity contribution is -0.130. The van der Waals surface area contributed by atoms with Gasteiger partial charge in [-0.05, 0) is 74.2 Å². The molecule has 4 heteroatoms. The van der Waals surface area contributed by atoms with Crippen LogP contribution in [0.5, 0.6) is 0 Å². The molecular weight excluding hydrogens is 312 g/mol. The summed E-state index contributed by atoms with van der Waals surface area (Å²) < 4.78 is 0. The number of hydrogen-bond donors (Lipinski definition) is 1.